The van der Waals surface area contributed by atoms with E-state index in [2.05, 4.69) is 41.1 Å². The maximum absolute atomic E-state index is 11.6. The van der Waals surface area contributed by atoms with Crippen molar-refractivity contribution < 1.29 is 4.79 Å². The number of hydrogen-bond donors (Lipinski definition) is 1. The van der Waals surface area contributed by atoms with Gasteiger partial charge in [-0.3, -0.25) is 4.79 Å². The number of hydrogen-bond acceptors (Lipinski definition) is 2. The predicted molar refractivity (Wildman–Crippen MR) is 74.8 cm³/mol. The largest absolute Gasteiger partial charge is 0.371 e. The number of nitrogens with zero attached hydrogens (tertiary/aromatic N) is 1. The van der Waals surface area contributed by atoms with Gasteiger partial charge in [0, 0.05) is 31.7 Å². The molecule has 96 valence electrons. The quantitative estimate of drug-likeness (QED) is 0.805. The molecule has 0 fully saturated rings. The molecule has 1 aliphatic rings. The lowest BCUT2D eigenvalue weighted by atomic mass is 10.0. The summed E-state index contributed by atoms with van der Waals surface area (Å²) in [5.74, 6) is 0.0953. The van der Waals surface area contributed by atoms with E-state index in [1.54, 1.807) is 6.08 Å². The van der Waals surface area contributed by atoms with Crippen LogP contribution >= 0.6 is 0 Å². The molecule has 18 heavy (non-hydrogen) atoms. The molecule has 3 heteroatoms. The van der Waals surface area contributed by atoms with Crippen molar-refractivity contribution in [1.82, 2.24) is 5.32 Å². The Morgan fingerprint density at radius 3 is 3.11 bits per heavy atom. The predicted octanol–water partition coefficient (Wildman–Crippen LogP) is 2.13. The summed E-state index contributed by atoms with van der Waals surface area (Å²) in [6.07, 6.45) is 4.57. The van der Waals surface area contributed by atoms with Crippen LogP contribution in [0.2, 0.25) is 0 Å². The minimum absolute atomic E-state index is 0.0953. The summed E-state index contributed by atoms with van der Waals surface area (Å²) < 4.78 is 0. The minimum Gasteiger partial charge on any atom is -0.371 e. The van der Waals surface area contributed by atoms with E-state index in [4.69, 9.17) is 0 Å². The minimum atomic E-state index is 0.0953. The summed E-state index contributed by atoms with van der Waals surface area (Å²) in [5, 5.41) is 2.81. The Morgan fingerprint density at radius 2 is 2.28 bits per heavy atom. The molecule has 0 unspecified atom stereocenters. The van der Waals surface area contributed by atoms with Gasteiger partial charge in [0.2, 0.25) is 5.91 Å². The molecule has 1 heterocycles. The summed E-state index contributed by atoms with van der Waals surface area (Å²) in [6.45, 7) is 5.98. The van der Waals surface area contributed by atoms with E-state index in [-0.39, 0.29) is 5.91 Å². The number of nitrogens with one attached hydrogen (secondary N) is 1. The first kappa shape index (κ1) is 12.7. The summed E-state index contributed by atoms with van der Waals surface area (Å²) in [7, 11) is 0. The first-order valence-corrected chi connectivity index (χ1v) is 6.51. The van der Waals surface area contributed by atoms with E-state index < -0.39 is 0 Å². The lowest BCUT2D eigenvalue weighted by Crippen LogP contribution is -2.34. The van der Waals surface area contributed by atoms with E-state index in [9.17, 15) is 4.79 Å². The van der Waals surface area contributed by atoms with Crippen molar-refractivity contribution in [2.75, 3.05) is 24.5 Å². The topological polar surface area (TPSA) is 32.3 Å². The molecule has 1 aromatic carbocycles. The third-order valence-electron chi connectivity index (χ3n) is 3.26. The lowest BCUT2D eigenvalue weighted by molar-refractivity contribution is -0.120. The fourth-order valence-electron chi connectivity index (χ4n) is 2.35. The summed E-state index contributed by atoms with van der Waals surface area (Å²) in [4.78, 5) is 13.9. The van der Waals surface area contributed by atoms with Gasteiger partial charge in [0.05, 0.1) is 0 Å². The second-order valence-corrected chi connectivity index (χ2v) is 4.56. The molecule has 3 nitrogen and oxygen atoms in total. The van der Waals surface area contributed by atoms with Crippen LogP contribution in [0.25, 0.3) is 0 Å². The van der Waals surface area contributed by atoms with Crippen molar-refractivity contribution in [3.05, 3.63) is 42.5 Å². The van der Waals surface area contributed by atoms with Crippen LogP contribution in [0.4, 0.5) is 5.69 Å². The molecular weight excluding hydrogens is 224 g/mol. The number of amides is 1. The van der Waals surface area contributed by atoms with E-state index in [0.717, 1.165) is 19.5 Å². The number of anilines is 1. The first-order chi connectivity index (χ1) is 8.81. The molecular formula is C15H20N2O. The van der Waals surface area contributed by atoms with Gasteiger partial charge in [-0.1, -0.05) is 24.3 Å². The third-order valence-corrected chi connectivity index (χ3v) is 3.26. The Bertz CT molecular complexity index is 428. The van der Waals surface area contributed by atoms with Crippen LogP contribution < -0.4 is 10.2 Å². The number of rotatable bonds is 5. The smallest absolute Gasteiger partial charge is 0.222 e. The van der Waals surface area contributed by atoms with Crippen molar-refractivity contribution in [2.45, 2.75) is 19.3 Å². The molecule has 0 aliphatic carbocycles. The van der Waals surface area contributed by atoms with Gasteiger partial charge >= 0.3 is 0 Å². The molecule has 1 aliphatic heterocycles. The molecule has 0 spiro atoms. The van der Waals surface area contributed by atoms with Crippen LogP contribution in [0.5, 0.6) is 0 Å². The average Bonchev–Trinajstić information content (AvgIpc) is 2.42. The number of benzene rings is 1. The molecule has 1 aromatic rings. The molecule has 0 bridgehead atoms. The lowest BCUT2D eigenvalue weighted by Gasteiger charge is -2.31. The molecule has 0 atom stereocenters. The van der Waals surface area contributed by atoms with Crippen molar-refractivity contribution >= 4 is 11.6 Å². The standard InChI is InChI=1S/C15H20N2O/c1-2-10-16-15(18)9-12-17-11-5-7-13-6-3-4-8-14(13)17/h2-4,6,8H,1,5,7,9-12H2,(H,16,18). The number of aryl methyl sites for hydroxylation is 1. The van der Waals surface area contributed by atoms with Crippen molar-refractivity contribution in [1.29, 1.82) is 0 Å². The van der Waals surface area contributed by atoms with Crippen LogP contribution in [0.15, 0.2) is 36.9 Å². The molecule has 0 saturated carbocycles. The van der Waals surface area contributed by atoms with Gasteiger partial charge in [0.25, 0.3) is 0 Å². The van der Waals surface area contributed by atoms with Crippen LogP contribution in [0.1, 0.15) is 18.4 Å². The second-order valence-electron chi connectivity index (χ2n) is 4.56. The molecule has 0 radical (unpaired) electrons. The summed E-state index contributed by atoms with van der Waals surface area (Å²) in [5.41, 5.74) is 2.69. The highest BCUT2D eigenvalue weighted by molar-refractivity contribution is 5.76. The van der Waals surface area contributed by atoms with Gasteiger partial charge in [-0.25, -0.2) is 0 Å². The molecule has 2 rings (SSSR count). The highest BCUT2D eigenvalue weighted by atomic mass is 16.1. The molecule has 1 N–H and O–H groups in total. The summed E-state index contributed by atoms with van der Waals surface area (Å²) >= 11 is 0. The van der Waals surface area contributed by atoms with Gasteiger partial charge in [-0.05, 0) is 24.5 Å². The zero-order valence-electron chi connectivity index (χ0n) is 10.7. The van der Waals surface area contributed by atoms with E-state index >= 15 is 0 Å². The number of carbonyl (C=O) groups is 1. The van der Waals surface area contributed by atoms with Crippen LogP contribution in [-0.2, 0) is 11.2 Å². The van der Waals surface area contributed by atoms with E-state index in [0.29, 0.717) is 13.0 Å². The Balaban J connectivity index is 1.91. The van der Waals surface area contributed by atoms with Crippen molar-refractivity contribution in [2.24, 2.45) is 0 Å². The average molecular weight is 244 g/mol. The Kier molecular flexibility index (Phi) is 4.40. The first-order valence-electron chi connectivity index (χ1n) is 6.51. The van der Waals surface area contributed by atoms with Gasteiger partial charge < -0.3 is 10.2 Å². The molecule has 0 saturated heterocycles. The third kappa shape index (κ3) is 3.13. The van der Waals surface area contributed by atoms with Crippen molar-refractivity contribution in [3.63, 3.8) is 0 Å². The normalized spacial score (nSPS) is 13.9. The highest BCUT2D eigenvalue weighted by Gasteiger charge is 2.16. The van der Waals surface area contributed by atoms with Crippen LogP contribution in [0, 0.1) is 0 Å². The Morgan fingerprint density at radius 1 is 1.44 bits per heavy atom. The van der Waals surface area contributed by atoms with E-state index in [1.165, 1.54) is 17.7 Å². The monoisotopic (exact) mass is 244 g/mol. The Labute approximate surface area is 108 Å². The van der Waals surface area contributed by atoms with Gasteiger partial charge in [0.1, 0.15) is 0 Å². The SMILES string of the molecule is C=CCNC(=O)CCN1CCCc2ccccc21. The highest BCUT2D eigenvalue weighted by Crippen LogP contribution is 2.26. The maximum atomic E-state index is 11.6. The maximum Gasteiger partial charge on any atom is 0.222 e. The van der Waals surface area contributed by atoms with Gasteiger partial charge in [-0.15, -0.1) is 6.58 Å². The van der Waals surface area contributed by atoms with Gasteiger partial charge in [-0.2, -0.15) is 0 Å². The Hall–Kier alpha value is -1.77. The van der Waals surface area contributed by atoms with Gasteiger partial charge in [0.15, 0.2) is 0 Å². The fraction of sp³-hybridized carbons (Fsp3) is 0.400. The van der Waals surface area contributed by atoms with Crippen LogP contribution in [-0.4, -0.2) is 25.5 Å². The van der Waals surface area contributed by atoms with E-state index in [1.807, 2.05) is 0 Å². The molecule has 0 aromatic heterocycles. The summed E-state index contributed by atoms with van der Waals surface area (Å²) in [6, 6.07) is 8.48. The van der Waals surface area contributed by atoms with Crippen molar-refractivity contribution in [3.8, 4) is 0 Å². The number of para-hydroxylation sites is 1. The zero-order chi connectivity index (χ0) is 12.8. The number of fused-ring (bicyclic) bond motifs is 1. The molecule has 1 amide bonds. The zero-order valence-corrected chi connectivity index (χ0v) is 10.7. The fourth-order valence-corrected chi connectivity index (χ4v) is 2.35. The van der Waals surface area contributed by atoms with Crippen LogP contribution in [0.3, 0.4) is 0 Å². The number of carbonyl (C=O) groups excluding carboxylic acids is 1. The second kappa shape index (κ2) is 6.24.